The van der Waals surface area contributed by atoms with Crippen molar-refractivity contribution in [3.05, 3.63) is 35.4 Å². The van der Waals surface area contributed by atoms with Gasteiger partial charge in [0.15, 0.2) is 0 Å². The summed E-state index contributed by atoms with van der Waals surface area (Å²) in [4.78, 5) is 0. The lowest BCUT2D eigenvalue weighted by atomic mass is 10.00. The molecule has 0 aromatic heterocycles. The van der Waals surface area contributed by atoms with Gasteiger partial charge >= 0.3 is 6.18 Å². The van der Waals surface area contributed by atoms with Gasteiger partial charge in [-0.3, -0.25) is 0 Å². The van der Waals surface area contributed by atoms with Gasteiger partial charge in [-0.15, -0.1) is 0 Å². The fourth-order valence-corrected chi connectivity index (χ4v) is 1.50. The van der Waals surface area contributed by atoms with Gasteiger partial charge in [0.25, 0.3) is 0 Å². The standard InChI is InChI=1S/C11H14F3NO/c1-8(7-15(2)16)9-3-5-10(6-4-9)11(12,13)14/h3-6,8,16H,7H2,1-2H3. The molecule has 0 saturated carbocycles. The molecule has 0 aliphatic heterocycles. The van der Waals surface area contributed by atoms with Gasteiger partial charge in [-0.05, 0) is 23.6 Å². The zero-order valence-electron chi connectivity index (χ0n) is 9.12. The minimum Gasteiger partial charge on any atom is -0.314 e. The van der Waals surface area contributed by atoms with E-state index in [9.17, 15) is 13.2 Å². The Balaban J connectivity index is 2.79. The van der Waals surface area contributed by atoms with Gasteiger partial charge in [-0.2, -0.15) is 18.2 Å². The van der Waals surface area contributed by atoms with E-state index in [1.165, 1.54) is 19.2 Å². The smallest absolute Gasteiger partial charge is 0.314 e. The monoisotopic (exact) mass is 233 g/mol. The summed E-state index contributed by atoms with van der Waals surface area (Å²) in [5, 5.41) is 10.0. The molecule has 0 saturated heterocycles. The van der Waals surface area contributed by atoms with Crippen LogP contribution < -0.4 is 0 Å². The van der Waals surface area contributed by atoms with Crippen LogP contribution in [0.3, 0.4) is 0 Å². The summed E-state index contributed by atoms with van der Waals surface area (Å²) in [6, 6.07) is 5.00. The topological polar surface area (TPSA) is 23.5 Å². The van der Waals surface area contributed by atoms with Crippen LogP contribution >= 0.6 is 0 Å². The highest BCUT2D eigenvalue weighted by Gasteiger charge is 2.30. The number of nitrogens with zero attached hydrogens (tertiary/aromatic N) is 1. The number of likely N-dealkylation sites (N-methyl/N-ethyl adjacent to an activating group) is 1. The summed E-state index contributed by atoms with van der Waals surface area (Å²) >= 11 is 0. The van der Waals surface area contributed by atoms with E-state index in [1.807, 2.05) is 6.92 Å². The normalized spacial score (nSPS) is 14.2. The lowest BCUT2D eigenvalue weighted by Gasteiger charge is -2.16. The maximum atomic E-state index is 12.3. The van der Waals surface area contributed by atoms with E-state index < -0.39 is 11.7 Å². The number of alkyl halides is 3. The molecule has 1 rings (SSSR count). The van der Waals surface area contributed by atoms with E-state index in [2.05, 4.69) is 0 Å². The highest BCUT2D eigenvalue weighted by molar-refractivity contribution is 5.26. The maximum absolute atomic E-state index is 12.3. The minimum absolute atomic E-state index is 0.0164. The molecule has 0 aliphatic rings. The first-order chi connectivity index (χ1) is 7.30. The van der Waals surface area contributed by atoms with Gasteiger partial charge in [-0.1, -0.05) is 19.1 Å². The highest BCUT2D eigenvalue weighted by atomic mass is 19.4. The Morgan fingerprint density at radius 3 is 2.12 bits per heavy atom. The number of hydrogen-bond acceptors (Lipinski definition) is 2. The summed E-state index contributed by atoms with van der Waals surface area (Å²) in [5.74, 6) is -0.0164. The van der Waals surface area contributed by atoms with E-state index in [0.29, 0.717) is 6.54 Å². The van der Waals surface area contributed by atoms with Crippen LogP contribution in [-0.2, 0) is 6.18 Å². The van der Waals surface area contributed by atoms with Crippen LogP contribution in [0.25, 0.3) is 0 Å². The van der Waals surface area contributed by atoms with Crippen molar-refractivity contribution < 1.29 is 18.4 Å². The van der Waals surface area contributed by atoms with Crippen molar-refractivity contribution >= 4 is 0 Å². The average Bonchev–Trinajstić information content (AvgIpc) is 2.15. The number of halogens is 3. The number of benzene rings is 1. The third-order valence-electron chi connectivity index (χ3n) is 2.35. The molecule has 0 bridgehead atoms. The molecule has 1 unspecified atom stereocenters. The molecule has 0 radical (unpaired) electrons. The van der Waals surface area contributed by atoms with E-state index in [1.54, 1.807) is 0 Å². The Hall–Kier alpha value is -1.07. The second-order valence-corrected chi connectivity index (χ2v) is 3.86. The lowest BCUT2D eigenvalue weighted by molar-refractivity contribution is -0.137. The Morgan fingerprint density at radius 2 is 1.75 bits per heavy atom. The Bertz CT molecular complexity index is 332. The summed E-state index contributed by atoms with van der Waals surface area (Å²) in [5.41, 5.74) is 0.120. The number of hydroxylamine groups is 2. The van der Waals surface area contributed by atoms with Crippen molar-refractivity contribution in [3.63, 3.8) is 0 Å². The zero-order chi connectivity index (χ0) is 12.3. The van der Waals surface area contributed by atoms with Crippen LogP contribution in [0, 0.1) is 0 Å². The predicted molar refractivity (Wildman–Crippen MR) is 54.3 cm³/mol. The van der Waals surface area contributed by atoms with Gasteiger partial charge in [0.05, 0.1) is 5.56 Å². The van der Waals surface area contributed by atoms with Crippen LogP contribution in [-0.4, -0.2) is 23.9 Å². The lowest BCUT2D eigenvalue weighted by Crippen LogP contribution is -2.19. The van der Waals surface area contributed by atoms with Crippen molar-refractivity contribution in [2.75, 3.05) is 13.6 Å². The van der Waals surface area contributed by atoms with Gasteiger partial charge in [0, 0.05) is 13.6 Å². The molecule has 5 heteroatoms. The van der Waals surface area contributed by atoms with Gasteiger partial charge in [0.2, 0.25) is 0 Å². The van der Waals surface area contributed by atoms with E-state index in [0.717, 1.165) is 22.8 Å². The van der Waals surface area contributed by atoms with Gasteiger partial charge < -0.3 is 5.21 Å². The highest BCUT2D eigenvalue weighted by Crippen LogP contribution is 2.30. The van der Waals surface area contributed by atoms with Crippen molar-refractivity contribution in [2.45, 2.75) is 19.0 Å². The van der Waals surface area contributed by atoms with E-state index >= 15 is 0 Å². The molecule has 16 heavy (non-hydrogen) atoms. The van der Waals surface area contributed by atoms with Crippen molar-refractivity contribution in [1.82, 2.24) is 5.06 Å². The SMILES string of the molecule is CC(CN(C)O)c1ccc(C(F)(F)F)cc1. The fraction of sp³-hybridized carbons (Fsp3) is 0.455. The van der Waals surface area contributed by atoms with Crippen molar-refractivity contribution in [3.8, 4) is 0 Å². The molecule has 1 aromatic carbocycles. The Kier molecular flexibility index (Phi) is 3.93. The molecule has 0 fully saturated rings. The first-order valence-electron chi connectivity index (χ1n) is 4.88. The molecule has 0 aliphatic carbocycles. The first kappa shape index (κ1) is 13.0. The number of rotatable bonds is 3. The molecule has 0 amide bonds. The molecule has 2 nitrogen and oxygen atoms in total. The molecular formula is C11H14F3NO. The van der Waals surface area contributed by atoms with Crippen molar-refractivity contribution in [1.29, 1.82) is 0 Å². The van der Waals surface area contributed by atoms with Crippen molar-refractivity contribution in [2.24, 2.45) is 0 Å². The molecule has 0 heterocycles. The van der Waals surface area contributed by atoms with Gasteiger partial charge in [0.1, 0.15) is 0 Å². The summed E-state index contributed by atoms with van der Waals surface area (Å²) in [7, 11) is 1.50. The molecule has 1 atom stereocenters. The largest absolute Gasteiger partial charge is 0.416 e. The molecule has 0 spiro atoms. The third kappa shape index (κ3) is 3.50. The first-order valence-corrected chi connectivity index (χ1v) is 4.88. The van der Waals surface area contributed by atoms with E-state index in [4.69, 9.17) is 5.21 Å². The van der Waals surface area contributed by atoms with Gasteiger partial charge in [-0.25, -0.2) is 0 Å². The fourth-order valence-electron chi connectivity index (χ4n) is 1.50. The summed E-state index contributed by atoms with van der Waals surface area (Å²) in [6.07, 6.45) is -4.30. The molecule has 1 N–H and O–H groups in total. The van der Waals surface area contributed by atoms with Crippen LogP contribution in [0.4, 0.5) is 13.2 Å². The molecular weight excluding hydrogens is 219 g/mol. The minimum atomic E-state index is -4.30. The quantitative estimate of drug-likeness (QED) is 0.811. The summed E-state index contributed by atoms with van der Waals surface area (Å²) < 4.78 is 36.8. The second-order valence-electron chi connectivity index (χ2n) is 3.86. The third-order valence-corrected chi connectivity index (χ3v) is 2.35. The maximum Gasteiger partial charge on any atom is 0.416 e. The molecule has 1 aromatic rings. The van der Waals surface area contributed by atoms with Crippen LogP contribution in [0.1, 0.15) is 24.0 Å². The van der Waals surface area contributed by atoms with Crippen LogP contribution in [0.15, 0.2) is 24.3 Å². The predicted octanol–water partition coefficient (Wildman–Crippen LogP) is 3.13. The van der Waals surface area contributed by atoms with E-state index in [-0.39, 0.29) is 5.92 Å². The zero-order valence-corrected chi connectivity index (χ0v) is 9.12. The van der Waals surface area contributed by atoms with Crippen LogP contribution in [0.2, 0.25) is 0 Å². The average molecular weight is 233 g/mol. The Morgan fingerprint density at radius 1 is 1.25 bits per heavy atom. The number of hydrogen-bond donors (Lipinski definition) is 1. The Labute approximate surface area is 92.3 Å². The molecule has 90 valence electrons. The summed E-state index contributed by atoms with van der Waals surface area (Å²) in [6.45, 7) is 2.22. The second kappa shape index (κ2) is 4.84. The van der Waals surface area contributed by atoms with Crippen LogP contribution in [0.5, 0.6) is 0 Å².